The van der Waals surface area contributed by atoms with Crippen LogP contribution in [0, 0.1) is 5.41 Å². The Labute approximate surface area is 99.1 Å². The Morgan fingerprint density at radius 3 is 2.38 bits per heavy atom. The van der Waals surface area contributed by atoms with E-state index in [1.807, 2.05) is 20.8 Å². The summed E-state index contributed by atoms with van der Waals surface area (Å²) in [5.74, 6) is 0.154. The first-order chi connectivity index (χ1) is 7.45. The van der Waals surface area contributed by atoms with Gasteiger partial charge in [-0.2, -0.15) is 0 Å². The number of hydrogen-bond acceptors (Lipinski definition) is 2. The van der Waals surface area contributed by atoms with Gasteiger partial charge in [0.25, 0.3) is 0 Å². The number of likely N-dealkylation sites (tertiary alicyclic amines) is 1. The summed E-state index contributed by atoms with van der Waals surface area (Å²) in [4.78, 5) is 16.2. The lowest BCUT2D eigenvalue weighted by Gasteiger charge is -2.28. The fourth-order valence-corrected chi connectivity index (χ4v) is 1.96. The summed E-state index contributed by atoms with van der Waals surface area (Å²) in [5.41, 5.74) is -0.320. The molecule has 1 fully saturated rings. The lowest BCUT2D eigenvalue weighted by atomic mass is 9.95. The van der Waals surface area contributed by atoms with Crippen LogP contribution in [0.25, 0.3) is 0 Å². The first-order valence-corrected chi connectivity index (χ1v) is 6.11. The quantitative estimate of drug-likeness (QED) is 0.730. The number of amides is 1. The number of rotatable bonds is 4. The largest absolute Gasteiger partial charge is 0.318 e. The lowest BCUT2D eigenvalue weighted by molar-refractivity contribution is -0.136. The molecular weight excluding hydrogens is 200 g/mol. The molecule has 0 unspecified atom stereocenters. The molecule has 1 saturated heterocycles. The molecule has 0 radical (unpaired) electrons. The maximum absolute atomic E-state index is 12.0. The van der Waals surface area contributed by atoms with Crippen LogP contribution in [0.5, 0.6) is 0 Å². The summed E-state index contributed by atoms with van der Waals surface area (Å²) < 4.78 is 0. The van der Waals surface area contributed by atoms with E-state index in [9.17, 15) is 4.79 Å². The Hall–Kier alpha value is -0.830. The van der Waals surface area contributed by atoms with Gasteiger partial charge in [-0.3, -0.25) is 4.79 Å². The average Bonchev–Trinajstić information content (AvgIpc) is 2.69. The lowest BCUT2D eigenvalue weighted by Crippen LogP contribution is -2.40. The van der Waals surface area contributed by atoms with Gasteiger partial charge in [-0.25, -0.2) is 0 Å². The Bertz CT molecular complexity index is 249. The van der Waals surface area contributed by atoms with Crippen LogP contribution in [0.2, 0.25) is 0 Å². The maximum Gasteiger partial charge on any atom is 0.231 e. The van der Waals surface area contributed by atoms with Crippen molar-refractivity contribution < 1.29 is 4.79 Å². The molecule has 0 N–H and O–H groups in total. The minimum atomic E-state index is -0.320. The molecular formula is C13H24N2O. The van der Waals surface area contributed by atoms with Gasteiger partial charge >= 0.3 is 0 Å². The molecule has 0 atom stereocenters. The smallest absolute Gasteiger partial charge is 0.231 e. The second-order valence-corrected chi connectivity index (χ2v) is 5.48. The zero-order chi connectivity index (χ0) is 12.2. The molecule has 16 heavy (non-hydrogen) atoms. The van der Waals surface area contributed by atoms with Crippen LogP contribution in [-0.4, -0.2) is 41.9 Å². The molecule has 3 nitrogen and oxygen atoms in total. The summed E-state index contributed by atoms with van der Waals surface area (Å²) >= 11 is 0. The molecule has 0 saturated carbocycles. The van der Waals surface area contributed by atoms with Gasteiger partial charge in [-0.1, -0.05) is 27.4 Å². The number of hydrogen-bond donors (Lipinski definition) is 0. The molecule has 0 spiro atoms. The highest BCUT2D eigenvalue weighted by molar-refractivity contribution is 5.82. The van der Waals surface area contributed by atoms with E-state index in [1.54, 1.807) is 11.1 Å². The van der Waals surface area contributed by atoms with E-state index in [4.69, 9.17) is 0 Å². The van der Waals surface area contributed by atoms with Crippen LogP contribution < -0.4 is 0 Å². The Balaban J connectivity index is 2.42. The van der Waals surface area contributed by atoms with E-state index in [0.717, 1.165) is 13.1 Å². The maximum atomic E-state index is 12.0. The van der Waals surface area contributed by atoms with Crippen molar-refractivity contribution in [1.29, 1.82) is 0 Å². The molecule has 1 aliphatic rings. The molecule has 1 amide bonds. The van der Waals surface area contributed by atoms with Crippen molar-refractivity contribution in [3.8, 4) is 0 Å². The fourth-order valence-electron chi connectivity index (χ4n) is 1.96. The van der Waals surface area contributed by atoms with Gasteiger partial charge in [-0.15, -0.1) is 0 Å². The summed E-state index contributed by atoms with van der Waals surface area (Å²) in [6.07, 6.45) is 4.24. The van der Waals surface area contributed by atoms with Gasteiger partial charge in [-0.05, 0) is 32.1 Å². The predicted molar refractivity (Wildman–Crippen MR) is 67.0 cm³/mol. The van der Waals surface area contributed by atoms with E-state index >= 15 is 0 Å². The van der Waals surface area contributed by atoms with Gasteiger partial charge in [0.05, 0.1) is 0 Å². The first kappa shape index (κ1) is 13.2. The molecule has 0 aromatic rings. The van der Waals surface area contributed by atoms with Crippen molar-refractivity contribution in [1.82, 2.24) is 9.80 Å². The van der Waals surface area contributed by atoms with Crippen molar-refractivity contribution in [3.05, 3.63) is 12.8 Å². The molecule has 0 bridgehead atoms. The SMILES string of the molecule is C=CN(CCN1CCCC1)C(=O)C(C)(C)C. The monoisotopic (exact) mass is 224 g/mol. The van der Waals surface area contributed by atoms with Crippen molar-refractivity contribution in [3.63, 3.8) is 0 Å². The van der Waals surface area contributed by atoms with Crippen molar-refractivity contribution in [2.24, 2.45) is 5.41 Å². The molecule has 0 aliphatic carbocycles. The summed E-state index contributed by atoms with van der Waals surface area (Å²) in [6, 6.07) is 0. The van der Waals surface area contributed by atoms with E-state index < -0.39 is 0 Å². The number of carbonyl (C=O) groups excluding carboxylic acids is 1. The van der Waals surface area contributed by atoms with Crippen LogP contribution >= 0.6 is 0 Å². The van der Waals surface area contributed by atoms with E-state index in [-0.39, 0.29) is 11.3 Å². The van der Waals surface area contributed by atoms with Gasteiger partial charge in [0.1, 0.15) is 0 Å². The fraction of sp³-hybridized carbons (Fsp3) is 0.769. The molecule has 1 aliphatic heterocycles. The highest BCUT2D eigenvalue weighted by Crippen LogP contribution is 2.17. The van der Waals surface area contributed by atoms with Gasteiger partial charge in [0.2, 0.25) is 5.91 Å². The summed E-state index contributed by atoms with van der Waals surface area (Å²) in [5, 5.41) is 0. The molecule has 3 heteroatoms. The third-order valence-electron chi connectivity index (χ3n) is 2.98. The van der Waals surface area contributed by atoms with Crippen molar-refractivity contribution >= 4 is 5.91 Å². The summed E-state index contributed by atoms with van der Waals surface area (Å²) in [7, 11) is 0. The Morgan fingerprint density at radius 1 is 1.38 bits per heavy atom. The van der Waals surface area contributed by atoms with Gasteiger partial charge < -0.3 is 9.80 Å². The average molecular weight is 224 g/mol. The normalized spacial score (nSPS) is 17.4. The van der Waals surface area contributed by atoms with Crippen LogP contribution in [0.3, 0.4) is 0 Å². The standard InChI is InChI=1S/C13H24N2O/c1-5-15(12(16)13(2,3)4)11-10-14-8-6-7-9-14/h5H,1,6-11H2,2-4H3. The minimum Gasteiger partial charge on any atom is -0.318 e. The Morgan fingerprint density at radius 2 is 1.94 bits per heavy atom. The Kier molecular flexibility index (Phi) is 4.54. The van der Waals surface area contributed by atoms with Gasteiger partial charge in [0, 0.05) is 18.5 Å². The third kappa shape index (κ3) is 3.63. The number of nitrogens with zero attached hydrogens (tertiary/aromatic N) is 2. The minimum absolute atomic E-state index is 0.154. The molecule has 1 rings (SSSR count). The van der Waals surface area contributed by atoms with Crippen LogP contribution in [-0.2, 0) is 4.79 Å². The topological polar surface area (TPSA) is 23.6 Å². The highest BCUT2D eigenvalue weighted by atomic mass is 16.2. The number of carbonyl (C=O) groups is 1. The van der Waals surface area contributed by atoms with Crippen LogP contribution in [0.15, 0.2) is 12.8 Å². The van der Waals surface area contributed by atoms with Crippen LogP contribution in [0.1, 0.15) is 33.6 Å². The second-order valence-electron chi connectivity index (χ2n) is 5.48. The molecule has 0 aromatic heterocycles. The van der Waals surface area contributed by atoms with E-state index in [1.165, 1.54) is 25.9 Å². The second kappa shape index (κ2) is 5.48. The molecule has 92 valence electrons. The first-order valence-electron chi connectivity index (χ1n) is 6.11. The zero-order valence-electron chi connectivity index (χ0n) is 10.8. The van der Waals surface area contributed by atoms with Crippen LogP contribution in [0.4, 0.5) is 0 Å². The van der Waals surface area contributed by atoms with Gasteiger partial charge in [0.15, 0.2) is 0 Å². The van der Waals surface area contributed by atoms with Crippen molar-refractivity contribution in [2.45, 2.75) is 33.6 Å². The van der Waals surface area contributed by atoms with E-state index in [2.05, 4.69) is 11.5 Å². The predicted octanol–water partition coefficient (Wildman–Crippen LogP) is 2.10. The van der Waals surface area contributed by atoms with E-state index in [0.29, 0.717) is 0 Å². The molecule has 1 heterocycles. The van der Waals surface area contributed by atoms with Crippen molar-refractivity contribution in [2.75, 3.05) is 26.2 Å². The summed E-state index contributed by atoms with van der Waals surface area (Å²) in [6.45, 7) is 13.6. The third-order valence-corrected chi connectivity index (χ3v) is 2.98. The zero-order valence-corrected chi connectivity index (χ0v) is 10.8. The molecule has 0 aromatic carbocycles. The highest BCUT2D eigenvalue weighted by Gasteiger charge is 2.26.